The number of rotatable bonds is 6. The number of nitrogens with one attached hydrogen (secondary N) is 1. The number of alkyl halides is 5. The van der Waals surface area contributed by atoms with E-state index < -0.39 is 37.2 Å². The van der Waals surface area contributed by atoms with Gasteiger partial charge in [-0.05, 0) is 24.6 Å². The molecule has 0 amide bonds. The second-order valence-electron chi connectivity index (χ2n) is 4.85. The Morgan fingerprint density at radius 1 is 1.14 bits per heavy atom. The molecule has 1 aromatic rings. The van der Waals surface area contributed by atoms with Crippen LogP contribution < -0.4 is 5.32 Å². The third kappa shape index (κ3) is 6.27. The molecule has 0 saturated heterocycles. The fraction of sp³-hybridized carbons (Fsp3) is 0.538. The molecule has 0 spiro atoms. The van der Waals surface area contributed by atoms with Crippen molar-refractivity contribution in [2.45, 2.75) is 37.5 Å². The smallest absolute Gasteiger partial charge is 0.395 e. The SMILES string of the molecule is CC(F)(F)C[C@@H](CO)N[C@@H](c1ccc(Br)cc1)C(F)(F)F. The van der Waals surface area contributed by atoms with Crippen LogP contribution in [-0.2, 0) is 0 Å². The minimum absolute atomic E-state index is 0.108. The molecule has 0 bridgehead atoms. The molecule has 120 valence electrons. The van der Waals surface area contributed by atoms with Gasteiger partial charge in [-0.1, -0.05) is 28.1 Å². The third-order valence-electron chi connectivity index (χ3n) is 2.76. The van der Waals surface area contributed by atoms with Gasteiger partial charge in [0, 0.05) is 16.9 Å². The van der Waals surface area contributed by atoms with E-state index in [-0.39, 0.29) is 5.56 Å². The van der Waals surface area contributed by atoms with Gasteiger partial charge in [0.1, 0.15) is 6.04 Å². The van der Waals surface area contributed by atoms with E-state index in [0.29, 0.717) is 11.4 Å². The molecule has 0 unspecified atom stereocenters. The Balaban J connectivity index is 2.96. The van der Waals surface area contributed by atoms with Crippen molar-refractivity contribution in [2.24, 2.45) is 0 Å². The van der Waals surface area contributed by atoms with Crippen molar-refractivity contribution in [3.63, 3.8) is 0 Å². The summed E-state index contributed by atoms with van der Waals surface area (Å²) in [5, 5.41) is 11.1. The van der Waals surface area contributed by atoms with Gasteiger partial charge in [0.25, 0.3) is 0 Å². The monoisotopic (exact) mass is 375 g/mol. The van der Waals surface area contributed by atoms with Crippen molar-refractivity contribution in [1.82, 2.24) is 5.32 Å². The maximum absolute atomic E-state index is 13.1. The van der Waals surface area contributed by atoms with Gasteiger partial charge < -0.3 is 5.11 Å². The summed E-state index contributed by atoms with van der Waals surface area (Å²) in [6.45, 7) is -0.216. The van der Waals surface area contributed by atoms with Crippen molar-refractivity contribution in [2.75, 3.05) is 6.61 Å². The van der Waals surface area contributed by atoms with Crippen LogP contribution in [0.3, 0.4) is 0 Å². The van der Waals surface area contributed by atoms with Gasteiger partial charge in [-0.2, -0.15) is 13.2 Å². The van der Waals surface area contributed by atoms with Gasteiger partial charge in [-0.15, -0.1) is 0 Å². The Hall–Kier alpha value is -0.730. The molecule has 0 aromatic heterocycles. The van der Waals surface area contributed by atoms with Crippen molar-refractivity contribution < 1.29 is 27.1 Å². The summed E-state index contributed by atoms with van der Waals surface area (Å²) in [6, 6.07) is 1.86. The highest BCUT2D eigenvalue weighted by Crippen LogP contribution is 2.34. The highest BCUT2D eigenvalue weighted by molar-refractivity contribution is 9.10. The summed E-state index contributed by atoms with van der Waals surface area (Å²) in [4.78, 5) is 0. The molecular weight excluding hydrogens is 361 g/mol. The van der Waals surface area contributed by atoms with E-state index in [1.807, 2.05) is 0 Å². The number of halogens is 6. The van der Waals surface area contributed by atoms with E-state index in [4.69, 9.17) is 5.11 Å². The maximum atomic E-state index is 13.1. The largest absolute Gasteiger partial charge is 0.407 e. The second kappa shape index (κ2) is 7.02. The first-order valence-corrected chi connectivity index (χ1v) is 6.89. The lowest BCUT2D eigenvalue weighted by Gasteiger charge is -2.28. The minimum Gasteiger partial charge on any atom is -0.395 e. The highest BCUT2D eigenvalue weighted by atomic mass is 79.9. The number of aliphatic hydroxyl groups excluding tert-OH is 1. The van der Waals surface area contributed by atoms with Crippen LogP contribution in [-0.4, -0.2) is 29.9 Å². The van der Waals surface area contributed by atoms with Gasteiger partial charge in [-0.3, -0.25) is 5.32 Å². The topological polar surface area (TPSA) is 32.3 Å². The van der Waals surface area contributed by atoms with Crippen LogP contribution in [0.25, 0.3) is 0 Å². The molecule has 0 heterocycles. The molecule has 21 heavy (non-hydrogen) atoms. The third-order valence-corrected chi connectivity index (χ3v) is 3.29. The Kier molecular flexibility index (Phi) is 6.12. The summed E-state index contributed by atoms with van der Waals surface area (Å²) in [5.74, 6) is -3.17. The summed E-state index contributed by atoms with van der Waals surface area (Å²) < 4.78 is 65.7. The molecular formula is C13H15BrF5NO. The zero-order valence-corrected chi connectivity index (χ0v) is 12.7. The molecule has 0 saturated carbocycles. The lowest BCUT2D eigenvalue weighted by molar-refractivity contribution is -0.162. The first-order chi connectivity index (χ1) is 9.53. The molecule has 2 atom stereocenters. The molecule has 0 aliphatic carbocycles. The summed E-state index contributed by atoms with van der Waals surface area (Å²) in [7, 11) is 0. The molecule has 0 radical (unpaired) electrons. The maximum Gasteiger partial charge on any atom is 0.407 e. The Labute approximate surface area is 127 Å². The van der Waals surface area contributed by atoms with E-state index in [0.717, 1.165) is 0 Å². The van der Waals surface area contributed by atoms with Crippen LogP contribution in [0, 0.1) is 0 Å². The number of hydrogen-bond donors (Lipinski definition) is 2. The van der Waals surface area contributed by atoms with Crippen molar-refractivity contribution in [3.8, 4) is 0 Å². The quantitative estimate of drug-likeness (QED) is 0.735. The zero-order valence-electron chi connectivity index (χ0n) is 11.1. The Bertz CT molecular complexity index is 443. The van der Waals surface area contributed by atoms with Gasteiger partial charge in [0.2, 0.25) is 5.92 Å². The molecule has 0 fully saturated rings. The van der Waals surface area contributed by atoms with Crippen molar-refractivity contribution in [3.05, 3.63) is 34.3 Å². The lowest BCUT2D eigenvalue weighted by atomic mass is 10.0. The van der Waals surface area contributed by atoms with Crippen LogP contribution in [0.2, 0.25) is 0 Å². The van der Waals surface area contributed by atoms with Crippen LogP contribution in [0.4, 0.5) is 22.0 Å². The van der Waals surface area contributed by atoms with Gasteiger partial charge in [0.15, 0.2) is 0 Å². The van der Waals surface area contributed by atoms with Crippen LogP contribution >= 0.6 is 15.9 Å². The van der Waals surface area contributed by atoms with Gasteiger partial charge in [0.05, 0.1) is 6.61 Å². The van der Waals surface area contributed by atoms with Crippen molar-refractivity contribution in [1.29, 1.82) is 0 Å². The highest BCUT2D eigenvalue weighted by Gasteiger charge is 2.42. The van der Waals surface area contributed by atoms with E-state index in [1.165, 1.54) is 24.3 Å². The number of benzene rings is 1. The van der Waals surface area contributed by atoms with Crippen molar-refractivity contribution >= 4 is 15.9 Å². The number of hydrogen-bond acceptors (Lipinski definition) is 2. The molecule has 1 aromatic carbocycles. The van der Waals surface area contributed by atoms with Gasteiger partial charge >= 0.3 is 6.18 Å². The minimum atomic E-state index is -4.66. The molecule has 1 rings (SSSR count). The fourth-order valence-electron chi connectivity index (χ4n) is 1.88. The predicted molar refractivity (Wildman–Crippen MR) is 72.2 cm³/mol. The molecule has 2 nitrogen and oxygen atoms in total. The zero-order chi connectivity index (χ0) is 16.3. The molecule has 0 aliphatic rings. The predicted octanol–water partition coefficient (Wildman–Crippen LogP) is 4.05. The lowest BCUT2D eigenvalue weighted by Crippen LogP contribution is -2.44. The fourth-order valence-corrected chi connectivity index (χ4v) is 2.14. The Morgan fingerprint density at radius 3 is 2.05 bits per heavy atom. The standard InChI is InChI=1S/C13H15BrF5NO/c1-12(15,16)6-10(7-21)20-11(13(17,18)19)8-2-4-9(14)5-3-8/h2-5,10-11,20-21H,6-7H2,1H3/t10-,11-/m0/s1. The van der Waals surface area contributed by atoms with Gasteiger partial charge in [-0.25, -0.2) is 8.78 Å². The molecule has 0 aliphatic heterocycles. The summed E-state index contributed by atoms with van der Waals surface area (Å²) in [6.07, 6.45) is -5.54. The van der Waals surface area contributed by atoms with Crippen LogP contribution in [0.1, 0.15) is 24.9 Å². The van der Waals surface area contributed by atoms with E-state index in [2.05, 4.69) is 21.2 Å². The first kappa shape index (κ1) is 18.3. The van der Waals surface area contributed by atoms with Crippen LogP contribution in [0.5, 0.6) is 0 Å². The van der Waals surface area contributed by atoms with Crippen LogP contribution in [0.15, 0.2) is 28.7 Å². The molecule has 8 heteroatoms. The molecule has 2 N–H and O–H groups in total. The van der Waals surface area contributed by atoms with E-state index in [9.17, 15) is 22.0 Å². The Morgan fingerprint density at radius 2 is 1.67 bits per heavy atom. The normalized spacial score (nSPS) is 15.8. The summed E-state index contributed by atoms with van der Waals surface area (Å²) >= 11 is 3.11. The summed E-state index contributed by atoms with van der Waals surface area (Å²) in [5.41, 5.74) is -0.108. The van der Waals surface area contributed by atoms with E-state index in [1.54, 1.807) is 0 Å². The second-order valence-corrected chi connectivity index (χ2v) is 5.76. The first-order valence-electron chi connectivity index (χ1n) is 6.10. The van der Waals surface area contributed by atoms with E-state index >= 15 is 0 Å². The number of aliphatic hydroxyl groups is 1. The average Bonchev–Trinajstić information content (AvgIpc) is 2.33. The average molecular weight is 376 g/mol.